The molecule has 21 heavy (non-hydrogen) atoms. The summed E-state index contributed by atoms with van der Waals surface area (Å²) in [4.78, 5) is 11.8. The number of anilines is 1. The number of rotatable bonds is 6. The Hall–Kier alpha value is -1.91. The number of nitrogens with one attached hydrogen (secondary N) is 2. The van der Waals surface area contributed by atoms with Crippen molar-refractivity contribution >= 4 is 11.6 Å². The van der Waals surface area contributed by atoms with Crippen molar-refractivity contribution in [1.29, 1.82) is 0 Å². The van der Waals surface area contributed by atoms with Crippen molar-refractivity contribution in [2.24, 2.45) is 0 Å². The van der Waals surface area contributed by atoms with Gasteiger partial charge in [0.05, 0.1) is 19.8 Å². The van der Waals surface area contributed by atoms with Gasteiger partial charge >= 0.3 is 0 Å². The fraction of sp³-hybridized carbons (Fsp3) is 0.562. The zero-order valence-corrected chi connectivity index (χ0v) is 12.8. The summed E-state index contributed by atoms with van der Waals surface area (Å²) in [5.41, 5.74) is 0.859. The van der Waals surface area contributed by atoms with E-state index in [2.05, 4.69) is 17.6 Å². The van der Waals surface area contributed by atoms with E-state index in [9.17, 15) is 4.79 Å². The van der Waals surface area contributed by atoms with Gasteiger partial charge in [-0.2, -0.15) is 0 Å². The highest BCUT2D eigenvalue weighted by molar-refractivity contribution is 5.81. The lowest BCUT2D eigenvalue weighted by molar-refractivity contribution is -0.120. The van der Waals surface area contributed by atoms with Gasteiger partial charge in [0.25, 0.3) is 0 Å². The van der Waals surface area contributed by atoms with Gasteiger partial charge in [-0.15, -0.1) is 0 Å². The van der Waals surface area contributed by atoms with Crippen molar-refractivity contribution in [3.05, 3.63) is 18.2 Å². The lowest BCUT2D eigenvalue weighted by Gasteiger charge is -2.14. The van der Waals surface area contributed by atoms with Crippen LogP contribution in [-0.2, 0) is 4.79 Å². The summed E-state index contributed by atoms with van der Waals surface area (Å²) >= 11 is 0. The Morgan fingerprint density at radius 1 is 1.29 bits per heavy atom. The molecule has 2 rings (SSSR count). The molecule has 2 N–H and O–H groups in total. The summed E-state index contributed by atoms with van der Waals surface area (Å²) < 4.78 is 11.2. The Balaban J connectivity index is 1.86. The van der Waals surface area contributed by atoms with Crippen LogP contribution in [-0.4, -0.2) is 31.7 Å². The van der Waals surface area contributed by atoms with Crippen LogP contribution in [0, 0.1) is 0 Å². The first-order valence-electron chi connectivity index (χ1n) is 7.62. The molecule has 1 atom stereocenters. The van der Waals surface area contributed by atoms with Gasteiger partial charge in [-0.05, 0) is 25.5 Å². The SMILES string of the molecule is CCCC(C)NC(=O)CNc1ccc2c(c1)OCCCO2. The lowest BCUT2D eigenvalue weighted by Crippen LogP contribution is -2.36. The van der Waals surface area contributed by atoms with E-state index in [1.54, 1.807) is 0 Å². The van der Waals surface area contributed by atoms with Crippen molar-refractivity contribution in [2.75, 3.05) is 25.1 Å². The number of carbonyl (C=O) groups excluding carboxylic acids is 1. The van der Waals surface area contributed by atoms with E-state index < -0.39 is 0 Å². The van der Waals surface area contributed by atoms with Crippen molar-refractivity contribution in [3.8, 4) is 11.5 Å². The predicted molar refractivity (Wildman–Crippen MR) is 83.1 cm³/mol. The van der Waals surface area contributed by atoms with Crippen molar-refractivity contribution < 1.29 is 14.3 Å². The summed E-state index contributed by atoms with van der Waals surface area (Å²) in [5.74, 6) is 1.50. The zero-order valence-electron chi connectivity index (χ0n) is 12.8. The molecule has 1 unspecified atom stereocenters. The third-order valence-electron chi connectivity index (χ3n) is 3.33. The third kappa shape index (κ3) is 4.85. The summed E-state index contributed by atoms with van der Waals surface area (Å²) in [6.07, 6.45) is 2.95. The fourth-order valence-electron chi connectivity index (χ4n) is 2.29. The molecular formula is C16H24N2O3. The van der Waals surface area contributed by atoms with Gasteiger partial charge in [0.1, 0.15) is 0 Å². The largest absolute Gasteiger partial charge is 0.490 e. The molecule has 1 heterocycles. The van der Waals surface area contributed by atoms with E-state index in [4.69, 9.17) is 9.47 Å². The number of ether oxygens (including phenoxy) is 2. The molecule has 0 saturated carbocycles. The number of carbonyl (C=O) groups is 1. The molecule has 0 bridgehead atoms. The first kappa shape index (κ1) is 15.5. The summed E-state index contributed by atoms with van der Waals surface area (Å²) in [7, 11) is 0. The van der Waals surface area contributed by atoms with Gasteiger partial charge in [0.15, 0.2) is 11.5 Å². The van der Waals surface area contributed by atoms with Crippen LogP contribution in [0.5, 0.6) is 11.5 Å². The maximum atomic E-state index is 11.8. The van der Waals surface area contributed by atoms with Crippen molar-refractivity contribution in [1.82, 2.24) is 5.32 Å². The summed E-state index contributed by atoms with van der Waals surface area (Å²) in [6, 6.07) is 5.87. The van der Waals surface area contributed by atoms with Gasteiger partial charge in [-0.3, -0.25) is 4.79 Å². The van der Waals surface area contributed by atoms with Crippen LogP contribution in [0.3, 0.4) is 0 Å². The molecule has 5 nitrogen and oxygen atoms in total. The van der Waals surface area contributed by atoms with Crippen LogP contribution in [0.25, 0.3) is 0 Å². The number of fused-ring (bicyclic) bond motifs is 1. The number of amides is 1. The topological polar surface area (TPSA) is 59.6 Å². The summed E-state index contributed by atoms with van der Waals surface area (Å²) in [6.45, 7) is 5.73. The average molecular weight is 292 g/mol. The van der Waals surface area contributed by atoms with E-state index in [-0.39, 0.29) is 18.5 Å². The Bertz CT molecular complexity index is 477. The molecule has 0 aliphatic carbocycles. The molecule has 1 aromatic rings. The van der Waals surface area contributed by atoms with Crippen molar-refractivity contribution in [2.45, 2.75) is 39.2 Å². The summed E-state index contributed by atoms with van der Waals surface area (Å²) in [5, 5.41) is 6.08. The molecule has 5 heteroatoms. The molecular weight excluding hydrogens is 268 g/mol. The van der Waals surface area contributed by atoms with E-state index in [1.165, 1.54) is 0 Å². The van der Waals surface area contributed by atoms with Crippen LogP contribution in [0.2, 0.25) is 0 Å². The Morgan fingerprint density at radius 3 is 2.81 bits per heavy atom. The predicted octanol–water partition coefficient (Wildman–Crippen LogP) is 2.56. The third-order valence-corrected chi connectivity index (χ3v) is 3.33. The van der Waals surface area contributed by atoms with Crippen LogP contribution in [0.1, 0.15) is 33.1 Å². The van der Waals surface area contributed by atoms with Crippen LogP contribution < -0.4 is 20.1 Å². The van der Waals surface area contributed by atoms with E-state index in [1.807, 2.05) is 25.1 Å². The molecule has 1 amide bonds. The Morgan fingerprint density at radius 2 is 2.05 bits per heavy atom. The maximum Gasteiger partial charge on any atom is 0.239 e. The minimum atomic E-state index is 0.00283. The normalized spacial score (nSPS) is 15.0. The van der Waals surface area contributed by atoms with Gasteiger partial charge in [-0.1, -0.05) is 13.3 Å². The number of hydrogen-bond donors (Lipinski definition) is 2. The average Bonchev–Trinajstić information content (AvgIpc) is 2.70. The molecule has 0 aromatic heterocycles. The maximum absolute atomic E-state index is 11.8. The Labute approximate surface area is 126 Å². The van der Waals surface area contributed by atoms with Crippen LogP contribution >= 0.6 is 0 Å². The molecule has 0 fully saturated rings. The van der Waals surface area contributed by atoms with Gasteiger partial charge in [0, 0.05) is 24.2 Å². The second-order valence-corrected chi connectivity index (χ2v) is 5.32. The zero-order chi connectivity index (χ0) is 15.1. The van der Waals surface area contributed by atoms with Crippen LogP contribution in [0.15, 0.2) is 18.2 Å². The lowest BCUT2D eigenvalue weighted by atomic mass is 10.2. The molecule has 0 spiro atoms. The van der Waals surface area contributed by atoms with Gasteiger partial charge < -0.3 is 20.1 Å². The Kier molecular flexibility index (Phi) is 5.72. The minimum absolute atomic E-state index is 0.00283. The van der Waals surface area contributed by atoms with E-state index >= 15 is 0 Å². The highest BCUT2D eigenvalue weighted by Gasteiger charge is 2.11. The first-order chi connectivity index (χ1) is 10.2. The quantitative estimate of drug-likeness (QED) is 0.846. The molecule has 1 aliphatic heterocycles. The first-order valence-corrected chi connectivity index (χ1v) is 7.62. The van der Waals surface area contributed by atoms with Crippen molar-refractivity contribution in [3.63, 3.8) is 0 Å². The minimum Gasteiger partial charge on any atom is -0.490 e. The molecule has 1 aromatic carbocycles. The van der Waals surface area contributed by atoms with E-state index in [0.29, 0.717) is 13.2 Å². The van der Waals surface area contributed by atoms with Crippen LogP contribution in [0.4, 0.5) is 5.69 Å². The second-order valence-electron chi connectivity index (χ2n) is 5.32. The highest BCUT2D eigenvalue weighted by atomic mass is 16.5. The fourth-order valence-corrected chi connectivity index (χ4v) is 2.29. The highest BCUT2D eigenvalue weighted by Crippen LogP contribution is 2.32. The molecule has 0 radical (unpaired) electrons. The smallest absolute Gasteiger partial charge is 0.239 e. The van der Waals surface area contributed by atoms with Gasteiger partial charge in [0.2, 0.25) is 5.91 Å². The van der Waals surface area contributed by atoms with Gasteiger partial charge in [-0.25, -0.2) is 0 Å². The molecule has 1 aliphatic rings. The standard InChI is InChI=1S/C16H24N2O3/c1-3-5-12(2)18-16(19)11-17-13-6-7-14-15(10-13)21-9-4-8-20-14/h6-7,10,12,17H,3-5,8-9,11H2,1-2H3,(H,18,19). The second kappa shape index (κ2) is 7.76. The van der Waals surface area contributed by atoms with E-state index in [0.717, 1.165) is 36.4 Å². The number of hydrogen-bond acceptors (Lipinski definition) is 4. The monoisotopic (exact) mass is 292 g/mol. The molecule has 0 saturated heterocycles. The molecule has 116 valence electrons. The number of benzene rings is 1.